The van der Waals surface area contributed by atoms with Gasteiger partial charge in [-0.05, 0) is 29.8 Å². The predicted molar refractivity (Wildman–Crippen MR) is 93.6 cm³/mol. The van der Waals surface area contributed by atoms with E-state index in [9.17, 15) is 18.6 Å². The van der Waals surface area contributed by atoms with E-state index in [4.69, 9.17) is 5.73 Å². The zero-order valence-electron chi connectivity index (χ0n) is 13.0. The van der Waals surface area contributed by atoms with Crippen LogP contribution in [-0.4, -0.2) is 42.3 Å². The summed E-state index contributed by atoms with van der Waals surface area (Å²) in [6, 6.07) is 13.3. The third-order valence-electron chi connectivity index (χ3n) is 4.19. The molecule has 3 rings (SSSR count). The van der Waals surface area contributed by atoms with Crippen molar-refractivity contribution in [2.24, 2.45) is 0 Å². The van der Waals surface area contributed by atoms with E-state index >= 15 is 0 Å². The highest BCUT2D eigenvalue weighted by Gasteiger charge is 2.40. The number of rotatable bonds is 4. The molecule has 0 bridgehead atoms. The van der Waals surface area contributed by atoms with Gasteiger partial charge in [0.05, 0.1) is 23.7 Å². The highest BCUT2D eigenvalue weighted by molar-refractivity contribution is 7.91. The Balaban J connectivity index is 1.96. The number of hydrogen-bond acceptors (Lipinski definition) is 6. The first kappa shape index (κ1) is 16.6. The van der Waals surface area contributed by atoms with Gasteiger partial charge in [0.1, 0.15) is 5.75 Å². The molecule has 0 saturated carbocycles. The molecule has 4 N–H and O–H groups in total. The number of anilines is 2. The summed E-state index contributed by atoms with van der Waals surface area (Å²) in [4.78, 5) is 1.82. The van der Waals surface area contributed by atoms with Gasteiger partial charge in [0.15, 0.2) is 9.84 Å². The maximum absolute atomic E-state index is 11.9. The van der Waals surface area contributed by atoms with Crippen molar-refractivity contribution in [3.8, 4) is 5.75 Å². The first-order valence-electron chi connectivity index (χ1n) is 7.63. The van der Waals surface area contributed by atoms with Crippen molar-refractivity contribution in [2.75, 3.05) is 22.1 Å². The minimum absolute atomic E-state index is 0.0881. The standard InChI is InChI=1S/C17H20N2O4S/c18-13-6-4-12(5-7-13)9-19(14-2-1-3-15(20)8-14)16-10-24(22,23)11-17(16)21/h1-8,16-17,20-21H,9-11,18H2/t16-,17+/m1/s1. The Kier molecular flexibility index (Phi) is 4.38. The third-order valence-corrected chi connectivity index (χ3v) is 5.89. The van der Waals surface area contributed by atoms with Crippen LogP contribution in [0.4, 0.5) is 11.4 Å². The van der Waals surface area contributed by atoms with Crippen LogP contribution >= 0.6 is 0 Å². The van der Waals surface area contributed by atoms with Gasteiger partial charge in [-0.25, -0.2) is 8.42 Å². The maximum atomic E-state index is 11.9. The minimum atomic E-state index is -3.28. The van der Waals surface area contributed by atoms with Gasteiger partial charge in [0, 0.05) is 24.0 Å². The Bertz CT molecular complexity index is 821. The van der Waals surface area contributed by atoms with Crippen LogP contribution in [0.25, 0.3) is 0 Å². The van der Waals surface area contributed by atoms with Crippen LogP contribution in [-0.2, 0) is 16.4 Å². The fraction of sp³-hybridized carbons (Fsp3) is 0.294. The number of benzene rings is 2. The second-order valence-electron chi connectivity index (χ2n) is 6.10. The van der Waals surface area contributed by atoms with Gasteiger partial charge in [-0.15, -0.1) is 0 Å². The maximum Gasteiger partial charge on any atom is 0.155 e. The van der Waals surface area contributed by atoms with Crippen LogP contribution in [0.5, 0.6) is 5.75 Å². The van der Waals surface area contributed by atoms with Crippen molar-refractivity contribution >= 4 is 21.2 Å². The topological polar surface area (TPSA) is 104 Å². The van der Waals surface area contributed by atoms with Crippen LogP contribution in [0.2, 0.25) is 0 Å². The Morgan fingerprint density at radius 2 is 1.83 bits per heavy atom. The monoisotopic (exact) mass is 348 g/mol. The van der Waals surface area contributed by atoms with E-state index < -0.39 is 22.0 Å². The lowest BCUT2D eigenvalue weighted by Crippen LogP contribution is -2.42. The lowest BCUT2D eigenvalue weighted by molar-refractivity contribution is 0.177. The smallest absolute Gasteiger partial charge is 0.155 e. The summed E-state index contributed by atoms with van der Waals surface area (Å²) in [7, 11) is -3.28. The molecule has 0 aliphatic carbocycles. The SMILES string of the molecule is Nc1ccc(CN(c2cccc(O)c2)[C@@H]2CS(=O)(=O)C[C@@H]2O)cc1. The molecule has 128 valence electrons. The molecule has 0 spiro atoms. The number of hydrogen-bond donors (Lipinski definition) is 3. The zero-order chi connectivity index (χ0) is 17.3. The van der Waals surface area contributed by atoms with E-state index in [0.29, 0.717) is 17.9 Å². The van der Waals surface area contributed by atoms with E-state index in [1.165, 1.54) is 0 Å². The van der Waals surface area contributed by atoms with E-state index in [1.54, 1.807) is 36.4 Å². The Morgan fingerprint density at radius 1 is 1.12 bits per heavy atom. The molecule has 2 aromatic rings. The van der Waals surface area contributed by atoms with Crippen molar-refractivity contribution in [2.45, 2.75) is 18.7 Å². The molecule has 7 heteroatoms. The molecule has 1 fully saturated rings. The van der Waals surface area contributed by atoms with Crippen molar-refractivity contribution in [1.29, 1.82) is 0 Å². The number of sulfone groups is 1. The van der Waals surface area contributed by atoms with Crippen LogP contribution in [0.15, 0.2) is 48.5 Å². The molecule has 1 aliphatic heterocycles. The second-order valence-corrected chi connectivity index (χ2v) is 8.25. The number of aliphatic hydroxyl groups is 1. The molecule has 0 aromatic heterocycles. The molecule has 2 aromatic carbocycles. The van der Waals surface area contributed by atoms with Gasteiger partial charge in [0.25, 0.3) is 0 Å². The summed E-state index contributed by atoms with van der Waals surface area (Å²) < 4.78 is 23.8. The zero-order valence-corrected chi connectivity index (χ0v) is 13.9. The average Bonchev–Trinajstić information content (AvgIpc) is 2.79. The van der Waals surface area contributed by atoms with Gasteiger partial charge in [-0.2, -0.15) is 0 Å². The molecule has 6 nitrogen and oxygen atoms in total. The molecule has 1 heterocycles. The normalized spacial score (nSPS) is 22.4. The summed E-state index contributed by atoms with van der Waals surface area (Å²) in [6.07, 6.45) is -0.967. The molecule has 0 radical (unpaired) electrons. The van der Waals surface area contributed by atoms with E-state index in [-0.39, 0.29) is 17.3 Å². The summed E-state index contributed by atoms with van der Waals surface area (Å²) in [5.74, 6) is -0.266. The van der Waals surface area contributed by atoms with E-state index in [2.05, 4.69) is 0 Å². The number of nitrogens with zero attached hydrogens (tertiary/aromatic N) is 1. The van der Waals surface area contributed by atoms with Gasteiger partial charge >= 0.3 is 0 Å². The molecule has 0 amide bonds. The fourth-order valence-electron chi connectivity index (χ4n) is 3.00. The number of nitrogens with two attached hydrogens (primary N) is 1. The number of aromatic hydroxyl groups is 1. The molecule has 24 heavy (non-hydrogen) atoms. The molecule has 1 aliphatic rings. The lowest BCUT2D eigenvalue weighted by atomic mass is 10.1. The van der Waals surface area contributed by atoms with Crippen LogP contribution in [0.1, 0.15) is 5.56 Å². The van der Waals surface area contributed by atoms with E-state index in [0.717, 1.165) is 5.56 Å². The fourth-order valence-corrected chi connectivity index (χ4v) is 4.80. The number of phenols is 1. The molecule has 1 saturated heterocycles. The first-order chi connectivity index (χ1) is 11.3. The Labute approximate surface area is 141 Å². The summed E-state index contributed by atoms with van der Waals surface area (Å²) in [5.41, 5.74) is 7.94. The van der Waals surface area contributed by atoms with Crippen molar-refractivity contribution in [3.05, 3.63) is 54.1 Å². The lowest BCUT2D eigenvalue weighted by Gasteiger charge is -2.32. The summed E-state index contributed by atoms with van der Waals surface area (Å²) in [5, 5.41) is 20.0. The molecular formula is C17H20N2O4S. The van der Waals surface area contributed by atoms with Crippen molar-refractivity contribution in [1.82, 2.24) is 0 Å². The van der Waals surface area contributed by atoms with E-state index in [1.807, 2.05) is 17.0 Å². The van der Waals surface area contributed by atoms with Crippen LogP contribution < -0.4 is 10.6 Å². The van der Waals surface area contributed by atoms with Crippen LogP contribution in [0, 0.1) is 0 Å². The quantitative estimate of drug-likeness (QED) is 0.716. The van der Waals surface area contributed by atoms with Gasteiger partial charge in [0.2, 0.25) is 0 Å². The first-order valence-corrected chi connectivity index (χ1v) is 9.45. The predicted octanol–water partition coefficient (Wildman–Crippen LogP) is 1.14. The number of nitrogen functional groups attached to an aromatic ring is 1. The highest BCUT2D eigenvalue weighted by Crippen LogP contribution is 2.29. The summed E-state index contributed by atoms with van der Waals surface area (Å²) >= 11 is 0. The molecule has 0 unspecified atom stereocenters. The molecular weight excluding hydrogens is 328 g/mol. The summed E-state index contributed by atoms with van der Waals surface area (Å²) in [6.45, 7) is 0.404. The van der Waals surface area contributed by atoms with Crippen molar-refractivity contribution < 1.29 is 18.6 Å². The van der Waals surface area contributed by atoms with Gasteiger partial charge in [-0.1, -0.05) is 18.2 Å². The molecule has 2 atom stereocenters. The number of phenolic OH excluding ortho intramolecular Hbond substituents is 1. The van der Waals surface area contributed by atoms with Gasteiger partial charge in [-0.3, -0.25) is 0 Å². The third kappa shape index (κ3) is 3.63. The van der Waals surface area contributed by atoms with Gasteiger partial charge < -0.3 is 20.8 Å². The second kappa shape index (κ2) is 6.33. The minimum Gasteiger partial charge on any atom is -0.508 e. The van der Waals surface area contributed by atoms with Crippen molar-refractivity contribution in [3.63, 3.8) is 0 Å². The largest absolute Gasteiger partial charge is 0.508 e. The Hall–Kier alpha value is -2.25. The highest BCUT2D eigenvalue weighted by atomic mass is 32.2. The average molecular weight is 348 g/mol. The Morgan fingerprint density at radius 3 is 2.42 bits per heavy atom. The number of aliphatic hydroxyl groups excluding tert-OH is 1. The van der Waals surface area contributed by atoms with Crippen LogP contribution in [0.3, 0.4) is 0 Å².